The van der Waals surface area contributed by atoms with Crippen LogP contribution in [0.2, 0.25) is 0 Å². The quantitative estimate of drug-likeness (QED) is 0.153. The molecule has 0 aliphatic carbocycles. The van der Waals surface area contributed by atoms with E-state index in [-0.39, 0.29) is 49.4 Å². The van der Waals surface area contributed by atoms with Gasteiger partial charge in [-0.15, -0.1) is 13.2 Å². The van der Waals surface area contributed by atoms with E-state index in [0.717, 1.165) is 12.1 Å². The fraction of sp³-hybridized carbons (Fsp3) is 0.133. The lowest BCUT2D eigenvalue weighted by atomic mass is 9.93. The second-order valence-electron chi connectivity index (χ2n) is 9.14. The van der Waals surface area contributed by atoms with Gasteiger partial charge in [-0.3, -0.25) is 0 Å². The summed E-state index contributed by atoms with van der Waals surface area (Å²) in [6.45, 7) is 1.82. The summed E-state index contributed by atoms with van der Waals surface area (Å²) < 4.78 is 129. The molecule has 0 radical (unpaired) electrons. The number of benzene rings is 5. The molecule has 5 aromatic rings. The Morgan fingerprint density at radius 3 is 1.65 bits per heavy atom. The third-order valence-corrected chi connectivity index (χ3v) is 6.48. The Kier molecular flexibility index (Phi) is 6.89. The predicted octanol–water partition coefficient (Wildman–Crippen LogP) is 10.0. The molecule has 0 N–H and O–H groups in total. The Morgan fingerprint density at radius 1 is 0.600 bits per heavy atom. The first kappa shape index (κ1) is 27.4. The predicted molar refractivity (Wildman–Crippen MR) is 133 cm³/mol. The Bertz CT molecular complexity index is 1770. The van der Waals surface area contributed by atoms with Gasteiger partial charge >= 0.3 is 6.36 Å². The van der Waals surface area contributed by atoms with Gasteiger partial charge in [0.05, 0.1) is 0 Å². The summed E-state index contributed by atoms with van der Waals surface area (Å²) in [5.41, 5.74) is -0.326. The van der Waals surface area contributed by atoms with Crippen LogP contribution in [0.1, 0.15) is 18.9 Å². The van der Waals surface area contributed by atoms with Crippen molar-refractivity contribution in [1.29, 1.82) is 0 Å². The highest BCUT2D eigenvalue weighted by molar-refractivity contribution is 6.10. The molecule has 0 aromatic heterocycles. The molecule has 0 bridgehead atoms. The highest BCUT2D eigenvalue weighted by Gasteiger charge is 2.34. The van der Waals surface area contributed by atoms with Crippen LogP contribution in [0.4, 0.5) is 39.5 Å². The zero-order valence-electron chi connectivity index (χ0n) is 20.5. The molecule has 0 saturated heterocycles. The van der Waals surface area contributed by atoms with Crippen LogP contribution in [0.3, 0.4) is 0 Å². The topological polar surface area (TPSA) is 9.23 Å². The fourth-order valence-electron chi connectivity index (χ4n) is 4.76. The molecule has 1 nitrogen and oxygen atoms in total. The summed E-state index contributed by atoms with van der Waals surface area (Å²) in [6, 6.07) is 11.2. The lowest BCUT2D eigenvalue weighted by Crippen LogP contribution is -2.19. The monoisotopic (exact) mass is 564 g/mol. The summed E-state index contributed by atoms with van der Waals surface area (Å²) in [5.74, 6) is -9.03. The van der Waals surface area contributed by atoms with E-state index in [0.29, 0.717) is 25.0 Å². The number of alkyl halides is 3. The maximum absolute atomic E-state index is 15.4. The van der Waals surface area contributed by atoms with Crippen LogP contribution < -0.4 is 4.74 Å². The van der Waals surface area contributed by atoms with Gasteiger partial charge in [-0.05, 0) is 75.8 Å². The molecule has 0 spiro atoms. The van der Waals surface area contributed by atoms with Crippen LogP contribution in [0.5, 0.6) is 5.75 Å². The van der Waals surface area contributed by atoms with Crippen LogP contribution >= 0.6 is 0 Å². The van der Waals surface area contributed by atoms with Gasteiger partial charge in [-0.25, -0.2) is 26.3 Å². The van der Waals surface area contributed by atoms with Crippen molar-refractivity contribution < 1.29 is 44.3 Å². The molecule has 0 amide bonds. The van der Waals surface area contributed by atoms with Crippen LogP contribution in [0.25, 0.3) is 43.8 Å². The third-order valence-electron chi connectivity index (χ3n) is 6.48. The smallest absolute Gasteiger partial charge is 0.399 e. The first-order valence-corrected chi connectivity index (χ1v) is 12.0. The maximum Gasteiger partial charge on any atom is 0.573 e. The van der Waals surface area contributed by atoms with E-state index in [1.807, 2.05) is 6.92 Å². The van der Waals surface area contributed by atoms with Crippen LogP contribution in [0, 0.1) is 34.9 Å². The highest BCUT2D eigenvalue weighted by Crippen LogP contribution is 2.38. The van der Waals surface area contributed by atoms with Gasteiger partial charge in [-0.2, -0.15) is 0 Å². The number of fused-ring (bicyclic) bond motifs is 3. The van der Waals surface area contributed by atoms with Crippen molar-refractivity contribution in [2.45, 2.75) is 26.1 Å². The molecular formula is C30H17F9O. The van der Waals surface area contributed by atoms with Crippen molar-refractivity contribution in [3.05, 3.63) is 101 Å². The average molecular weight is 564 g/mol. The minimum absolute atomic E-state index is 0.0351. The molecule has 5 rings (SSSR count). The molecule has 10 heteroatoms. The fourth-order valence-corrected chi connectivity index (χ4v) is 4.76. The molecular weight excluding hydrogens is 547 g/mol. The summed E-state index contributed by atoms with van der Waals surface area (Å²) in [4.78, 5) is 0. The normalized spacial score (nSPS) is 11.9. The van der Waals surface area contributed by atoms with E-state index in [9.17, 15) is 30.7 Å². The molecule has 40 heavy (non-hydrogen) atoms. The van der Waals surface area contributed by atoms with Crippen molar-refractivity contribution in [2.24, 2.45) is 0 Å². The molecule has 0 aliphatic heterocycles. The molecule has 5 aromatic carbocycles. The maximum atomic E-state index is 15.4. The molecule has 0 heterocycles. The van der Waals surface area contributed by atoms with E-state index in [1.54, 1.807) is 0 Å². The molecule has 0 unspecified atom stereocenters. The van der Waals surface area contributed by atoms with Crippen molar-refractivity contribution >= 4 is 21.5 Å². The highest BCUT2D eigenvalue weighted by atomic mass is 19.4. The number of ether oxygens (including phenoxy) is 1. The number of rotatable bonds is 5. The van der Waals surface area contributed by atoms with E-state index in [1.165, 1.54) is 36.4 Å². The van der Waals surface area contributed by atoms with Gasteiger partial charge in [0.25, 0.3) is 0 Å². The minimum atomic E-state index is -5.33. The zero-order valence-corrected chi connectivity index (χ0v) is 20.5. The van der Waals surface area contributed by atoms with Crippen LogP contribution in [0.15, 0.2) is 60.7 Å². The summed E-state index contributed by atoms with van der Waals surface area (Å²) in [6.07, 6.45) is -4.41. The second kappa shape index (κ2) is 10.1. The lowest BCUT2D eigenvalue weighted by molar-refractivity contribution is -0.276. The van der Waals surface area contributed by atoms with Crippen molar-refractivity contribution in [2.75, 3.05) is 0 Å². The Morgan fingerprint density at radius 2 is 1.10 bits per heavy atom. The van der Waals surface area contributed by atoms with Gasteiger partial charge in [-0.1, -0.05) is 37.6 Å². The SMILES string of the molecule is CCCc1ccc(-c2cc(F)c3c(ccc4cc(-c5cc(F)c(OC(F)(F)F)c(F)c5)cc(F)c43)c2)c(F)c1F. The zero-order chi connectivity index (χ0) is 28.9. The van der Waals surface area contributed by atoms with Gasteiger partial charge in [0.15, 0.2) is 23.3 Å². The Hall–Kier alpha value is -4.21. The van der Waals surface area contributed by atoms with E-state index in [4.69, 9.17) is 0 Å². The minimum Gasteiger partial charge on any atom is -0.399 e. The standard InChI is InChI=1S/C30H17F9O/c1-2-3-14-6-7-20(28(36)27(14)35)19-9-16-5-4-15-8-17(10-21(31)25(15)26(16)22(32)13-19)18-11-23(33)29(24(34)12-18)40-30(37,38)39/h4-13H,2-3H2,1H3. The molecule has 0 atom stereocenters. The van der Waals surface area contributed by atoms with Crippen molar-refractivity contribution in [3.63, 3.8) is 0 Å². The molecule has 0 fully saturated rings. The van der Waals surface area contributed by atoms with Gasteiger partial charge in [0, 0.05) is 16.3 Å². The number of hydrogen-bond donors (Lipinski definition) is 0. The lowest BCUT2D eigenvalue weighted by Gasteiger charge is -2.14. The average Bonchev–Trinajstić information content (AvgIpc) is 2.88. The Balaban J connectivity index is 1.62. The second-order valence-corrected chi connectivity index (χ2v) is 9.14. The summed E-state index contributed by atoms with van der Waals surface area (Å²) >= 11 is 0. The van der Waals surface area contributed by atoms with E-state index >= 15 is 8.78 Å². The first-order chi connectivity index (χ1) is 18.9. The third kappa shape index (κ3) is 4.94. The Labute approximate surface area is 221 Å². The summed E-state index contributed by atoms with van der Waals surface area (Å²) in [7, 11) is 0. The first-order valence-electron chi connectivity index (χ1n) is 12.0. The van der Waals surface area contributed by atoms with Gasteiger partial charge in [0.2, 0.25) is 5.75 Å². The largest absolute Gasteiger partial charge is 0.573 e. The number of hydrogen-bond acceptors (Lipinski definition) is 1. The van der Waals surface area contributed by atoms with Gasteiger partial charge in [0.1, 0.15) is 11.6 Å². The van der Waals surface area contributed by atoms with E-state index < -0.39 is 47.0 Å². The molecule has 0 aliphatic rings. The molecule has 0 saturated carbocycles. The number of halogens is 9. The molecule has 206 valence electrons. The van der Waals surface area contributed by atoms with Crippen molar-refractivity contribution in [1.82, 2.24) is 0 Å². The summed E-state index contributed by atoms with van der Waals surface area (Å²) in [5, 5.41) is -0.0580. The number of aryl methyl sites for hydroxylation is 1. The van der Waals surface area contributed by atoms with Crippen LogP contribution in [-0.4, -0.2) is 6.36 Å². The van der Waals surface area contributed by atoms with Gasteiger partial charge < -0.3 is 4.74 Å². The van der Waals surface area contributed by atoms with E-state index in [2.05, 4.69) is 4.74 Å². The van der Waals surface area contributed by atoms with Crippen LogP contribution in [-0.2, 0) is 6.42 Å². The van der Waals surface area contributed by atoms with Crippen molar-refractivity contribution in [3.8, 4) is 28.0 Å².